The van der Waals surface area contributed by atoms with Gasteiger partial charge in [-0.1, -0.05) is 6.07 Å². The molecule has 0 atom stereocenters. The largest absolute Gasteiger partial charge is 0.477 e. The molecule has 0 bridgehead atoms. The van der Waals surface area contributed by atoms with Crippen molar-refractivity contribution in [1.82, 2.24) is 9.55 Å². The van der Waals surface area contributed by atoms with Gasteiger partial charge in [0.15, 0.2) is 0 Å². The number of nitriles is 1. The van der Waals surface area contributed by atoms with Crippen LogP contribution in [0.5, 0.6) is 0 Å². The van der Waals surface area contributed by atoms with Gasteiger partial charge in [-0.05, 0) is 24.6 Å². The number of nitrogens with zero attached hydrogens (tertiary/aromatic N) is 3. The number of aryl methyl sites for hydroxylation is 1. The van der Waals surface area contributed by atoms with Crippen LogP contribution in [0.4, 0.5) is 4.39 Å². The molecule has 0 radical (unpaired) electrons. The maximum atomic E-state index is 13.0. The molecule has 1 aromatic carbocycles. The summed E-state index contributed by atoms with van der Waals surface area (Å²) in [5.41, 5.74) is 0.766. The van der Waals surface area contributed by atoms with Crippen molar-refractivity contribution in [1.29, 1.82) is 5.26 Å². The predicted octanol–water partition coefficient (Wildman–Crippen LogP) is 1.95. The molecule has 0 fully saturated rings. The van der Waals surface area contributed by atoms with Crippen molar-refractivity contribution >= 4 is 5.97 Å². The van der Waals surface area contributed by atoms with Crippen LogP contribution in [-0.4, -0.2) is 20.6 Å². The molecule has 0 aliphatic carbocycles. The molecule has 96 valence electrons. The first-order valence-corrected chi connectivity index (χ1v) is 5.47. The topological polar surface area (TPSA) is 78.9 Å². The third-order valence-electron chi connectivity index (χ3n) is 2.80. The summed E-state index contributed by atoms with van der Waals surface area (Å²) in [4.78, 5) is 15.0. The van der Waals surface area contributed by atoms with E-state index in [1.165, 1.54) is 22.9 Å². The van der Waals surface area contributed by atoms with Gasteiger partial charge >= 0.3 is 5.97 Å². The van der Waals surface area contributed by atoms with Crippen LogP contribution in [0.25, 0.3) is 0 Å². The molecule has 0 spiro atoms. The number of imidazole rings is 1. The summed E-state index contributed by atoms with van der Waals surface area (Å²) in [7, 11) is 0. The Morgan fingerprint density at radius 2 is 2.32 bits per heavy atom. The number of carboxylic acids is 1. The van der Waals surface area contributed by atoms with Crippen molar-refractivity contribution < 1.29 is 14.3 Å². The highest BCUT2D eigenvalue weighted by atomic mass is 19.1. The van der Waals surface area contributed by atoms with Crippen LogP contribution in [0.15, 0.2) is 24.4 Å². The summed E-state index contributed by atoms with van der Waals surface area (Å²) in [6.45, 7) is 1.83. The monoisotopic (exact) mass is 259 g/mol. The second-order valence-electron chi connectivity index (χ2n) is 4.00. The van der Waals surface area contributed by atoms with Crippen molar-refractivity contribution in [3.05, 3.63) is 52.9 Å². The first-order valence-electron chi connectivity index (χ1n) is 5.47. The SMILES string of the molecule is Cc1ncc(C(=O)O)n1Cc1ccc(F)cc1C#N. The van der Waals surface area contributed by atoms with E-state index in [2.05, 4.69) is 4.98 Å². The minimum Gasteiger partial charge on any atom is -0.477 e. The highest BCUT2D eigenvalue weighted by molar-refractivity contribution is 5.85. The number of rotatable bonds is 3. The van der Waals surface area contributed by atoms with E-state index in [0.29, 0.717) is 11.4 Å². The first-order chi connectivity index (χ1) is 9.02. The summed E-state index contributed by atoms with van der Waals surface area (Å²) in [6.07, 6.45) is 1.26. The number of hydrogen-bond acceptors (Lipinski definition) is 3. The quantitative estimate of drug-likeness (QED) is 0.913. The van der Waals surface area contributed by atoms with Crippen molar-refractivity contribution in [2.45, 2.75) is 13.5 Å². The van der Waals surface area contributed by atoms with Crippen LogP contribution in [0.1, 0.15) is 27.4 Å². The summed E-state index contributed by atoms with van der Waals surface area (Å²) in [5, 5.41) is 18.0. The molecule has 2 aromatic rings. The van der Waals surface area contributed by atoms with Gasteiger partial charge in [-0.25, -0.2) is 14.2 Å². The number of aromatic nitrogens is 2. The normalized spacial score (nSPS) is 10.2. The lowest BCUT2D eigenvalue weighted by atomic mass is 10.1. The molecule has 0 amide bonds. The van der Waals surface area contributed by atoms with E-state index in [4.69, 9.17) is 10.4 Å². The summed E-state index contributed by atoms with van der Waals surface area (Å²) < 4.78 is 14.5. The zero-order chi connectivity index (χ0) is 14.0. The Labute approximate surface area is 108 Å². The number of aromatic carboxylic acids is 1. The van der Waals surface area contributed by atoms with E-state index < -0.39 is 11.8 Å². The van der Waals surface area contributed by atoms with Crippen LogP contribution in [0, 0.1) is 24.1 Å². The fraction of sp³-hybridized carbons (Fsp3) is 0.154. The van der Waals surface area contributed by atoms with E-state index in [9.17, 15) is 9.18 Å². The number of halogens is 1. The minimum atomic E-state index is -1.10. The zero-order valence-electron chi connectivity index (χ0n) is 10.1. The Kier molecular flexibility index (Phi) is 3.29. The average molecular weight is 259 g/mol. The van der Waals surface area contributed by atoms with Crippen LogP contribution in [-0.2, 0) is 6.54 Å². The highest BCUT2D eigenvalue weighted by Gasteiger charge is 2.15. The summed E-state index contributed by atoms with van der Waals surface area (Å²) in [6, 6.07) is 5.73. The van der Waals surface area contributed by atoms with Crippen LogP contribution in [0.2, 0.25) is 0 Å². The lowest BCUT2D eigenvalue weighted by molar-refractivity contribution is 0.0685. The smallest absolute Gasteiger partial charge is 0.354 e. The lowest BCUT2D eigenvalue weighted by Gasteiger charge is -2.09. The highest BCUT2D eigenvalue weighted by Crippen LogP contribution is 2.15. The van der Waals surface area contributed by atoms with E-state index in [-0.39, 0.29) is 17.8 Å². The van der Waals surface area contributed by atoms with Crippen molar-refractivity contribution in [3.63, 3.8) is 0 Å². The van der Waals surface area contributed by atoms with Crippen molar-refractivity contribution in [2.75, 3.05) is 0 Å². The van der Waals surface area contributed by atoms with E-state index in [1.54, 1.807) is 6.92 Å². The fourth-order valence-corrected chi connectivity index (χ4v) is 1.80. The van der Waals surface area contributed by atoms with Gasteiger partial charge in [0.05, 0.1) is 24.4 Å². The predicted molar refractivity (Wildman–Crippen MR) is 64.1 cm³/mol. The van der Waals surface area contributed by atoms with Gasteiger partial charge in [0.25, 0.3) is 0 Å². The maximum Gasteiger partial charge on any atom is 0.354 e. The van der Waals surface area contributed by atoms with Gasteiger partial charge < -0.3 is 9.67 Å². The molecule has 6 heteroatoms. The molecule has 0 aliphatic heterocycles. The van der Waals surface area contributed by atoms with Gasteiger partial charge in [0.1, 0.15) is 17.3 Å². The first kappa shape index (κ1) is 12.8. The second kappa shape index (κ2) is 4.90. The zero-order valence-corrected chi connectivity index (χ0v) is 10.1. The third-order valence-corrected chi connectivity index (χ3v) is 2.80. The maximum absolute atomic E-state index is 13.0. The number of hydrogen-bond donors (Lipinski definition) is 1. The Morgan fingerprint density at radius 3 is 2.95 bits per heavy atom. The van der Waals surface area contributed by atoms with Crippen molar-refractivity contribution in [3.8, 4) is 6.07 Å². The van der Waals surface area contributed by atoms with Crippen LogP contribution in [0.3, 0.4) is 0 Å². The lowest BCUT2D eigenvalue weighted by Crippen LogP contribution is -2.11. The van der Waals surface area contributed by atoms with Crippen molar-refractivity contribution in [2.24, 2.45) is 0 Å². The van der Waals surface area contributed by atoms with E-state index in [0.717, 1.165) is 6.07 Å². The Hall–Kier alpha value is -2.68. The Balaban J connectivity index is 2.45. The standard InChI is InChI=1S/C13H10FN3O2/c1-8-16-6-12(13(18)19)17(8)7-9-2-3-11(14)4-10(9)5-15/h2-4,6H,7H2,1H3,(H,18,19). The molecule has 0 saturated carbocycles. The molecule has 1 aromatic heterocycles. The molecular formula is C13H10FN3O2. The van der Waals surface area contributed by atoms with Gasteiger partial charge in [0.2, 0.25) is 0 Å². The molecule has 2 rings (SSSR count). The van der Waals surface area contributed by atoms with Gasteiger partial charge in [-0.15, -0.1) is 0 Å². The Bertz CT molecular complexity index is 686. The molecular weight excluding hydrogens is 249 g/mol. The fourth-order valence-electron chi connectivity index (χ4n) is 1.80. The second-order valence-corrected chi connectivity index (χ2v) is 4.00. The van der Waals surface area contributed by atoms with Gasteiger partial charge in [-0.3, -0.25) is 0 Å². The average Bonchev–Trinajstić information content (AvgIpc) is 2.73. The minimum absolute atomic E-state index is 0.0331. The molecule has 5 nitrogen and oxygen atoms in total. The molecule has 1 N–H and O–H groups in total. The van der Waals surface area contributed by atoms with E-state index >= 15 is 0 Å². The molecule has 0 saturated heterocycles. The number of carboxylic acid groups (broad SMARTS) is 1. The van der Waals surface area contributed by atoms with E-state index in [1.807, 2.05) is 6.07 Å². The molecule has 0 unspecified atom stereocenters. The summed E-state index contributed by atoms with van der Waals surface area (Å²) in [5.74, 6) is -1.08. The molecule has 19 heavy (non-hydrogen) atoms. The van der Waals surface area contributed by atoms with Gasteiger partial charge in [0, 0.05) is 0 Å². The van der Waals surface area contributed by atoms with Gasteiger partial charge in [-0.2, -0.15) is 5.26 Å². The molecule has 0 aliphatic rings. The third kappa shape index (κ3) is 2.45. The number of benzene rings is 1. The number of carbonyl (C=O) groups is 1. The van der Waals surface area contributed by atoms with Crippen LogP contribution >= 0.6 is 0 Å². The molecule has 1 heterocycles. The summed E-state index contributed by atoms with van der Waals surface area (Å²) >= 11 is 0. The van der Waals surface area contributed by atoms with Crippen LogP contribution < -0.4 is 0 Å². The Morgan fingerprint density at radius 1 is 1.58 bits per heavy atom.